The largest absolute Gasteiger partial charge is 0.573 e. The minimum absolute atomic E-state index is 0.0719. The van der Waals surface area contributed by atoms with Gasteiger partial charge in [-0.05, 0) is 44.0 Å². The molecule has 3 aromatic rings. The third-order valence-electron chi connectivity index (χ3n) is 6.77. The first-order chi connectivity index (χ1) is 18.9. The highest BCUT2D eigenvalue weighted by atomic mass is 19.4. The van der Waals surface area contributed by atoms with Crippen LogP contribution in [0.1, 0.15) is 31.1 Å². The number of rotatable bonds is 5. The Bertz CT molecular complexity index is 1620. The molecule has 11 nitrogen and oxygen atoms in total. The molecule has 2 saturated heterocycles. The standard InChI is InChI=1S/C26H22F3N5O6/c1-13-30-21-16(25(39)34(13)19-8-9-20(35)32-23(19)37)6-3-7-18(21)31-22(36)17-10-11-33(24(17)38)14-4-2-5-15(12-14)40-26(27,28)29/h2-7,12,17,19H,8-11H2,1H3,(H,31,36)(H,32,35,37). The number of para-hydroxylation sites is 1. The first kappa shape index (κ1) is 26.8. The van der Waals surface area contributed by atoms with Gasteiger partial charge in [0.15, 0.2) is 0 Å². The van der Waals surface area contributed by atoms with E-state index in [1.54, 1.807) is 0 Å². The summed E-state index contributed by atoms with van der Waals surface area (Å²) in [5.41, 5.74) is -0.0539. The fourth-order valence-electron chi connectivity index (χ4n) is 4.97. The topological polar surface area (TPSA) is 140 Å². The van der Waals surface area contributed by atoms with E-state index in [9.17, 15) is 37.1 Å². The van der Waals surface area contributed by atoms with Crippen LogP contribution < -0.4 is 25.8 Å². The molecule has 208 valence electrons. The lowest BCUT2D eigenvalue weighted by Crippen LogP contribution is -2.45. The number of hydrogen-bond donors (Lipinski definition) is 2. The lowest BCUT2D eigenvalue weighted by Gasteiger charge is -2.24. The Labute approximate surface area is 223 Å². The highest BCUT2D eigenvalue weighted by Crippen LogP contribution is 2.31. The summed E-state index contributed by atoms with van der Waals surface area (Å²) < 4.78 is 42.9. The zero-order valence-corrected chi connectivity index (χ0v) is 20.9. The number of nitrogens with one attached hydrogen (secondary N) is 2. The summed E-state index contributed by atoms with van der Waals surface area (Å²) >= 11 is 0. The summed E-state index contributed by atoms with van der Waals surface area (Å²) in [5.74, 6) is -3.74. The molecule has 0 radical (unpaired) electrons. The number of aryl methyl sites for hydroxylation is 1. The van der Waals surface area contributed by atoms with Gasteiger partial charge in [-0.3, -0.25) is 33.9 Å². The quantitative estimate of drug-likeness (QED) is 0.363. The fourth-order valence-corrected chi connectivity index (χ4v) is 4.97. The lowest BCUT2D eigenvalue weighted by atomic mass is 10.0. The first-order valence-corrected chi connectivity index (χ1v) is 12.3. The first-order valence-electron chi connectivity index (χ1n) is 12.3. The van der Waals surface area contributed by atoms with Crippen LogP contribution in [0.5, 0.6) is 5.75 Å². The number of fused-ring (bicyclic) bond motifs is 1. The van der Waals surface area contributed by atoms with Crippen LogP contribution in [0, 0.1) is 12.8 Å². The van der Waals surface area contributed by atoms with Crippen molar-refractivity contribution in [3.63, 3.8) is 0 Å². The summed E-state index contributed by atoms with van der Waals surface area (Å²) in [5, 5.41) is 4.98. The minimum Gasteiger partial charge on any atom is -0.406 e. The maximum atomic E-state index is 13.3. The van der Waals surface area contributed by atoms with E-state index in [2.05, 4.69) is 20.4 Å². The molecule has 2 aliphatic heterocycles. The van der Waals surface area contributed by atoms with E-state index in [1.165, 1.54) is 46.7 Å². The van der Waals surface area contributed by atoms with Crippen molar-refractivity contribution in [2.24, 2.45) is 5.92 Å². The Morgan fingerprint density at radius 3 is 2.58 bits per heavy atom. The number of anilines is 2. The van der Waals surface area contributed by atoms with E-state index < -0.39 is 53.3 Å². The zero-order chi connectivity index (χ0) is 28.8. The smallest absolute Gasteiger partial charge is 0.406 e. The number of amides is 4. The van der Waals surface area contributed by atoms with Gasteiger partial charge < -0.3 is 15.0 Å². The van der Waals surface area contributed by atoms with Gasteiger partial charge in [-0.25, -0.2) is 4.98 Å². The van der Waals surface area contributed by atoms with E-state index in [0.29, 0.717) is 0 Å². The van der Waals surface area contributed by atoms with Crippen LogP contribution in [0.25, 0.3) is 10.9 Å². The number of aromatic nitrogens is 2. The highest BCUT2D eigenvalue weighted by Gasteiger charge is 2.39. The molecular formula is C26H22F3N5O6. The van der Waals surface area contributed by atoms with Crippen LogP contribution in [0.4, 0.5) is 24.5 Å². The third-order valence-corrected chi connectivity index (χ3v) is 6.77. The fraction of sp³-hybridized carbons (Fsp3) is 0.308. The number of carbonyl (C=O) groups excluding carboxylic acids is 4. The molecule has 0 bridgehead atoms. The summed E-state index contributed by atoms with van der Waals surface area (Å²) in [7, 11) is 0. The van der Waals surface area contributed by atoms with Gasteiger partial charge in [-0.2, -0.15) is 0 Å². The lowest BCUT2D eigenvalue weighted by molar-refractivity contribution is -0.274. The molecule has 40 heavy (non-hydrogen) atoms. The molecule has 3 heterocycles. The van der Waals surface area contributed by atoms with Gasteiger partial charge in [0.25, 0.3) is 5.56 Å². The van der Waals surface area contributed by atoms with Gasteiger partial charge in [0.05, 0.1) is 11.1 Å². The Morgan fingerprint density at radius 2 is 1.85 bits per heavy atom. The summed E-state index contributed by atoms with van der Waals surface area (Å²) in [6.45, 7) is 1.62. The molecule has 0 spiro atoms. The van der Waals surface area contributed by atoms with Gasteiger partial charge in [0.2, 0.25) is 23.6 Å². The average molecular weight is 557 g/mol. The maximum Gasteiger partial charge on any atom is 0.573 e. The number of benzene rings is 2. The Morgan fingerprint density at radius 1 is 1.10 bits per heavy atom. The summed E-state index contributed by atoms with van der Waals surface area (Å²) in [6.07, 6.45) is -4.58. The van der Waals surface area contributed by atoms with Crippen molar-refractivity contribution in [3.05, 3.63) is 58.6 Å². The third kappa shape index (κ3) is 5.11. The number of imide groups is 1. The molecule has 0 saturated carbocycles. The molecule has 1 aromatic heterocycles. The number of alkyl halides is 3. The van der Waals surface area contributed by atoms with E-state index in [0.717, 1.165) is 12.1 Å². The summed E-state index contributed by atoms with van der Waals surface area (Å²) in [4.78, 5) is 69.1. The van der Waals surface area contributed by atoms with Crippen molar-refractivity contribution in [2.75, 3.05) is 16.8 Å². The second kappa shape index (κ2) is 10.1. The number of hydrogen-bond acceptors (Lipinski definition) is 7. The van der Waals surface area contributed by atoms with E-state index in [4.69, 9.17) is 0 Å². The van der Waals surface area contributed by atoms with Gasteiger partial charge in [0, 0.05) is 24.7 Å². The predicted molar refractivity (Wildman–Crippen MR) is 134 cm³/mol. The van der Waals surface area contributed by atoms with E-state index >= 15 is 0 Å². The molecule has 2 fully saturated rings. The van der Waals surface area contributed by atoms with Crippen LogP contribution in [0.15, 0.2) is 47.3 Å². The van der Waals surface area contributed by atoms with Crippen molar-refractivity contribution in [1.29, 1.82) is 0 Å². The van der Waals surface area contributed by atoms with Gasteiger partial charge in [0.1, 0.15) is 29.1 Å². The molecule has 5 rings (SSSR count). The van der Waals surface area contributed by atoms with Crippen molar-refractivity contribution >= 4 is 45.9 Å². The van der Waals surface area contributed by atoms with E-state index in [1.807, 2.05) is 0 Å². The van der Waals surface area contributed by atoms with Crippen molar-refractivity contribution in [1.82, 2.24) is 14.9 Å². The number of ether oxygens (including phenoxy) is 1. The zero-order valence-electron chi connectivity index (χ0n) is 20.9. The van der Waals surface area contributed by atoms with Crippen LogP contribution in [-0.2, 0) is 19.2 Å². The molecule has 2 aliphatic rings. The molecule has 2 aromatic carbocycles. The summed E-state index contributed by atoms with van der Waals surface area (Å²) in [6, 6.07) is 8.51. The number of piperidine rings is 1. The predicted octanol–water partition coefficient (Wildman–Crippen LogP) is 2.57. The number of nitrogens with zero attached hydrogens (tertiary/aromatic N) is 3. The molecular weight excluding hydrogens is 535 g/mol. The van der Waals surface area contributed by atoms with Crippen molar-refractivity contribution in [3.8, 4) is 5.75 Å². The monoisotopic (exact) mass is 557 g/mol. The molecule has 4 amide bonds. The number of halogens is 3. The maximum absolute atomic E-state index is 13.3. The highest BCUT2D eigenvalue weighted by molar-refractivity contribution is 6.14. The minimum atomic E-state index is -4.90. The second-order valence-electron chi connectivity index (χ2n) is 9.37. The normalized spacial score (nSPS) is 19.6. The molecule has 2 unspecified atom stereocenters. The van der Waals surface area contributed by atoms with Crippen molar-refractivity contribution < 1.29 is 37.1 Å². The van der Waals surface area contributed by atoms with Gasteiger partial charge in [-0.15, -0.1) is 13.2 Å². The molecule has 2 atom stereocenters. The Kier molecular flexibility index (Phi) is 6.77. The average Bonchev–Trinajstić information content (AvgIpc) is 3.26. The van der Waals surface area contributed by atoms with Crippen LogP contribution in [0.3, 0.4) is 0 Å². The van der Waals surface area contributed by atoms with Crippen LogP contribution in [0.2, 0.25) is 0 Å². The van der Waals surface area contributed by atoms with Crippen molar-refractivity contribution in [2.45, 2.75) is 38.6 Å². The van der Waals surface area contributed by atoms with E-state index in [-0.39, 0.29) is 53.9 Å². The molecule has 0 aliphatic carbocycles. The Hall–Kier alpha value is -4.75. The Balaban J connectivity index is 1.38. The van der Waals surface area contributed by atoms with Crippen LogP contribution in [-0.4, -0.2) is 46.1 Å². The second-order valence-corrected chi connectivity index (χ2v) is 9.37. The molecule has 14 heteroatoms. The van der Waals surface area contributed by atoms with Gasteiger partial charge in [-0.1, -0.05) is 12.1 Å². The molecule has 2 N–H and O–H groups in total. The van der Waals surface area contributed by atoms with Gasteiger partial charge >= 0.3 is 6.36 Å². The number of carbonyl (C=O) groups is 4. The SMILES string of the molecule is Cc1nc2c(NC(=O)C3CCN(c4cccc(OC(F)(F)F)c4)C3=O)cccc2c(=O)n1C1CCC(=O)NC1=O. The van der Waals surface area contributed by atoms with Crippen LogP contribution >= 0.6 is 0 Å².